The van der Waals surface area contributed by atoms with Gasteiger partial charge in [-0.1, -0.05) is 60.7 Å². The highest BCUT2D eigenvalue weighted by Crippen LogP contribution is 2.20. The van der Waals surface area contributed by atoms with Crippen molar-refractivity contribution < 1.29 is 9.29 Å². The Labute approximate surface area is 172 Å². The molecule has 27 heavy (non-hydrogen) atoms. The predicted octanol–water partition coefficient (Wildman–Crippen LogP) is 4.88. The van der Waals surface area contributed by atoms with Gasteiger partial charge in [0, 0.05) is 17.5 Å². The zero-order valence-electron chi connectivity index (χ0n) is 15.6. The van der Waals surface area contributed by atoms with Crippen LogP contribution in [0.2, 0.25) is 0 Å². The number of hydrogen-bond donors (Lipinski definition) is 0. The first-order valence-electron chi connectivity index (χ1n) is 9.33. The fraction of sp³-hybridized carbons (Fsp3) is 0.429. The van der Waals surface area contributed by atoms with Crippen molar-refractivity contribution in [1.29, 1.82) is 0 Å². The van der Waals surface area contributed by atoms with Crippen molar-refractivity contribution in [3.05, 3.63) is 82.2 Å². The van der Waals surface area contributed by atoms with Crippen molar-refractivity contribution in [1.82, 2.24) is 0 Å². The lowest BCUT2D eigenvalue weighted by Crippen LogP contribution is -2.48. The van der Waals surface area contributed by atoms with E-state index in [9.17, 15) is 10.4 Å². The molecule has 0 bridgehead atoms. The molecule has 0 aliphatic carbocycles. The third kappa shape index (κ3) is 7.78. The van der Waals surface area contributed by atoms with Crippen LogP contribution in [0.5, 0.6) is 0 Å². The number of nitrogens with zero attached hydrogens (tertiary/aromatic N) is 2. The van der Waals surface area contributed by atoms with Gasteiger partial charge in [0.1, 0.15) is 13.1 Å². The van der Waals surface area contributed by atoms with Gasteiger partial charge in [0.05, 0.1) is 37.9 Å². The summed E-state index contributed by atoms with van der Waals surface area (Å²) in [6, 6.07) is 19.6. The van der Waals surface area contributed by atoms with Gasteiger partial charge in [-0.3, -0.25) is 0 Å². The van der Waals surface area contributed by atoms with Crippen molar-refractivity contribution in [3.63, 3.8) is 0 Å². The first-order valence-corrected chi connectivity index (χ1v) is 10.4. The SMILES string of the molecule is [O-][N+](CCCl)(CCCl)CCC[N+]([O-])(Cc1ccccc1)Cc1ccccc1. The summed E-state index contributed by atoms with van der Waals surface area (Å²) in [5.41, 5.74) is 2.01. The van der Waals surface area contributed by atoms with Crippen molar-refractivity contribution in [3.8, 4) is 0 Å². The lowest BCUT2D eigenvalue weighted by molar-refractivity contribution is -0.916. The van der Waals surface area contributed by atoms with E-state index in [0.717, 1.165) is 11.1 Å². The number of hydroxylamine groups is 6. The van der Waals surface area contributed by atoms with Gasteiger partial charge in [-0.05, 0) is 0 Å². The number of halogens is 2. The molecule has 0 saturated carbocycles. The molecule has 0 amide bonds. The number of alkyl halides is 2. The van der Waals surface area contributed by atoms with E-state index in [1.165, 1.54) is 0 Å². The third-order valence-electron chi connectivity index (χ3n) is 4.74. The first-order chi connectivity index (χ1) is 13.0. The summed E-state index contributed by atoms with van der Waals surface area (Å²) >= 11 is 11.6. The maximum absolute atomic E-state index is 13.6. The van der Waals surface area contributed by atoms with E-state index in [1.807, 2.05) is 60.7 Å². The molecule has 0 unspecified atom stereocenters. The van der Waals surface area contributed by atoms with E-state index in [2.05, 4.69) is 0 Å². The lowest BCUT2D eigenvalue weighted by Gasteiger charge is -2.46. The summed E-state index contributed by atoms with van der Waals surface area (Å²) in [6.07, 6.45) is 0.542. The molecular formula is C21H28Cl2N2O2. The average Bonchev–Trinajstić information content (AvgIpc) is 2.63. The highest BCUT2D eigenvalue weighted by molar-refractivity contribution is 6.18. The average molecular weight is 411 g/mol. The Bertz CT molecular complexity index is 608. The summed E-state index contributed by atoms with van der Waals surface area (Å²) < 4.78 is -0.806. The van der Waals surface area contributed by atoms with Gasteiger partial charge < -0.3 is 19.7 Å². The minimum atomic E-state index is -0.427. The first kappa shape index (κ1) is 22.2. The normalized spacial score (nSPS) is 12.3. The van der Waals surface area contributed by atoms with Gasteiger partial charge in [0.25, 0.3) is 0 Å². The van der Waals surface area contributed by atoms with Gasteiger partial charge in [-0.15, -0.1) is 23.2 Å². The fourth-order valence-electron chi connectivity index (χ4n) is 3.34. The molecule has 0 radical (unpaired) electrons. The molecule has 0 atom stereocenters. The predicted molar refractivity (Wildman–Crippen MR) is 113 cm³/mol. The van der Waals surface area contributed by atoms with Gasteiger partial charge in [0.2, 0.25) is 0 Å². The van der Waals surface area contributed by atoms with Crippen molar-refractivity contribution in [2.75, 3.05) is 37.9 Å². The summed E-state index contributed by atoms with van der Waals surface area (Å²) in [5.74, 6) is 0.595. The van der Waals surface area contributed by atoms with Crippen molar-refractivity contribution in [2.45, 2.75) is 19.5 Å². The van der Waals surface area contributed by atoms with Gasteiger partial charge in [-0.25, -0.2) is 0 Å². The van der Waals surface area contributed by atoms with E-state index < -0.39 is 4.65 Å². The Balaban J connectivity index is 2.07. The molecule has 4 nitrogen and oxygen atoms in total. The second kappa shape index (κ2) is 11.0. The zero-order chi connectivity index (χ0) is 19.6. The smallest absolute Gasteiger partial charge is 0.104 e. The molecule has 0 saturated heterocycles. The van der Waals surface area contributed by atoms with E-state index >= 15 is 0 Å². The molecule has 0 heterocycles. The Morgan fingerprint density at radius 1 is 0.593 bits per heavy atom. The van der Waals surface area contributed by atoms with E-state index in [0.29, 0.717) is 57.4 Å². The zero-order valence-corrected chi connectivity index (χ0v) is 17.1. The van der Waals surface area contributed by atoms with Crippen LogP contribution in [0.1, 0.15) is 17.5 Å². The Kier molecular flexibility index (Phi) is 9.03. The van der Waals surface area contributed by atoms with Crippen LogP contribution in [0.15, 0.2) is 60.7 Å². The fourth-order valence-corrected chi connectivity index (χ4v) is 3.95. The molecule has 2 aromatic rings. The number of quaternary nitrogens is 2. The lowest BCUT2D eigenvalue weighted by atomic mass is 10.1. The van der Waals surface area contributed by atoms with Crippen LogP contribution in [0.3, 0.4) is 0 Å². The molecule has 0 spiro atoms. The Morgan fingerprint density at radius 2 is 1.00 bits per heavy atom. The summed E-state index contributed by atoms with van der Waals surface area (Å²) in [4.78, 5) is 0. The van der Waals surface area contributed by atoms with Crippen LogP contribution >= 0.6 is 23.2 Å². The third-order valence-corrected chi connectivity index (χ3v) is 5.08. The molecule has 0 fully saturated rings. The van der Waals surface area contributed by atoms with Gasteiger partial charge in [0.15, 0.2) is 0 Å². The minimum absolute atomic E-state index is 0.297. The van der Waals surface area contributed by atoms with Crippen molar-refractivity contribution >= 4 is 23.2 Å². The maximum atomic E-state index is 13.6. The molecule has 0 aliphatic heterocycles. The molecule has 0 aromatic heterocycles. The second-order valence-corrected chi connectivity index (χ2v) is 7.79. The van der Waals surface area contributed by atoms with Crippen LogP contribution in [0, 0.1) is 10.4 Å². The topological polar surface area (TPSA) is 46.1 Å². The van der Waals surface area contributed by atoms with E-state index in [1.54, 1.807) is 0 Å². The highest BCUT2D eigenvalue weighted by atomic mass is 35.5. The molecular weight excluding hydrogens is 383 g/mol. The number of hydrogen-bond acceptors (Lipinski definition) is 2. The van der Waals surface area contributed by atoms with Gasteiger partial charge in [-0.2, -0.15) is 0 Å². The van der Waals surface area contributed by atoms with Crippen LogP contribution in [-0.4, -0.2) is 47.2 Å². The molecule has 2 aromatic carbocycles. The standard InChI is InChI=1S/C21H28Cl2N2O2/c22-12-16-24(26,17-13-23)14-7-15-25(27,18-20-8-3-1-4-9-20)19-21-10-5-2-6-11-21/h1-6,8-11H,7,12-19H2. The Morgan fingerprint density at radius 3 is 1.41 bits per heavy atom. The summed E-state index contributed by atoms with van der Waals surface area (Å²) in [7, 11) is 0. The van der Waals surface area contributed by atoms with E-state index in [4.69, 9.17) is 23.2 Å². The van der Waals surface area contributed by atoms with Crippen LogP contribution in [0.4, 0.5) is 0 Å². The number of rotatable bonds is 12. The van der Waals surface area contributed by atoms with Gasteiger partial charge >= 0.3 is 0 Å². The molecule has 2 rings (SSSR count). The highest BCUT2D eigenvalue weighted by Gasteiger charge is 2.22. The largest absolute Gasteiger partial charge is 0.633 e. The number of benzene rings is 2. The quantitative estimate of drug-likeness (QED) is 0.284. The molecule has 6 heteroatoms. The monoisotopic (exact) mass is 410 g/mol. The summed E-state index contributed by atoms with van der Waals surface area (Å²) in [5, 5.41) is 26.4. The van der Waals surface area contributed by atoms with Crippen LogP contribution < -0.4 is 0 Å². The second-order valence-electron chi connectivity index (χ2n) is 7.03. The van der Waals surface area contributed by atoms with Crippen LogP contribution in [-0.2, 0) is 13.1 Å². The van der Waals surface area contributed by atoms with E-state index in [-0.39, 0.29) is 4.65 Å². The molecule has 0 aliphatic rings. The Hall–Kier alpha value is -1.14. The molecule has 0 N–H and O–H groups in total. The van der Waals surface area contributed by atoms with Crippen LogP contribution in [0.25, 0.3) is 0 Å². The summed E-state index contributed by atoms with van der Waals surface area (Å²) in [6.45, 7) is 2.18. The maximum Gasteiger partial charge on any atom is 0.104 e. The minimum Gasteiger partial charge on any atom is -0.633 e. The van der Waals surface area contributed by atoms with Crippen molar-refractivity contribution in [2.24, 2.45) is 0 Å². The molecule has 148 valence electrons.